The van der Waals surface area contributed by atoms with Gasteiger partial charge < -0.3 is 11.1 Å². The number of hydrogen-bond acceptors (Lipinski definition) is 2. The van der Waals surface area contributed by atoms with Crippen molar-refractivity contribution in [1.82, 2.24) is 0 Å². The van der Waals surface area contributed by atoms with E-state index in [4.69, 9.17) is 5.73 Å². The molecule has 0 fully saturated rings. The van der Waals surface area contributed by atoms with Crippen LogP contribution in [0.1, 0.15) is 17.5 Å². The van der Waals surface area contributed by atoms with Gasteiger partial charge in [0.25, 0.3) is 0 Å². The van der Waals surface area contributed by atoms with Gasteiger partial charge in [-0.3, -0.25) is 4.79 Å². The van der Waals surface area contributed by atoms with E-state index in [1.54, 1.807) is 13.0 Å². The SMILES string of the molecule is Cc1cc(NC(=O)[C@@H](N)CCc2ccccc2)ccc1F. The number of benzene rings is 2. The zero-order valence-electron chi connectivity index (χ0n) is 12.0. The molecule has 1 atom stereocenters. The van der Waals surface area contributed by atoms with Gasteiger partial charge >= 0.3 is 0 Å². The molecule has 21 heavy (non-hydrogen) atoms. The molecule has 0 saturated carbocycles. The van der Waals surface area contributed by atoms with Crippen LogP contribution in [-0.4, -0.2) is 11.9 Å². The molecule has 0 aliphatic heterocycles. The second kappa shape index (κ2) is 6.99. The van der Waals surface area contributed by atoms with E-state index in [0.29, 0.717) is 17.7 Å². The first-order valence-corrected chi connectivity index (χ1v) is 6.93. The van der Waals surface area contributed by atoms with Crippen molar-refractivity contribution >= 4 is 11.6 Å². The first kappa shape index (κ1) is 15.2. The number of hydrogen-bond donors (Lipinski definition) is 2. The van der Waals surface area contributed by atoms with Crippen LogP contribution in [0.3, 0.4) is 0 Å². The lowest BCUT2D eigenvalue weighted by molar-refractivity contribution is -0.117. The highest BCUT2D eigenvalue weighted by Gasteiger charge is 2.14. The third-order valence-electron chi connectivity index (χ3n) is 3.35. The monoisotopic (exact) mass is 286 g/mol. The van der Waals surface area contributed by atoms with E-state index in [-0.39, 0.29) is 11.7 Å². The summed E-state index contributed by atoms with van der Waals surface area (Å²) in [5.74, 6) is -0.543. The molecular formula is C17H19FN2O. The fourth-order valence-corrected chi connectivity index (χ4v) is 2.06. The molecule has 0 spiro atoms. The van der Waals surface area contributed by atoms with Gasteiger partial charge in [0.05, 0.1) is 6.04 Å². The fourth-order valence-electron chi connectivity index (χ4n) is 2.06. The quantitative estimate of drug-likeness (QED) is 0.887. The third kappa shape index (κ3) is 4.39. The van der Waals surface area contributed by atoms with Crippen LogP contribution in [0.25, 0.3) is 0 Å². The molecule has 0 saturated heterocycles. The number of anilines is 1. The Morgan fingerprint density at radius 1 is 1.24 bits per heavy atom. The Bertz CT molecular complexity index is 613. The smallest absolute Gasteiger partial charge is 0.241 e. The Balaban J connectivity index is 1.89. The van der Waals surface area contributed by atoms with Gasteiger partial charge in [-0.2, -0.15) is 0 Å². The molecule has 0 aliphatic rings. The second-order valence-corrected chi connectivity index (χ2v) is 5.08. The number of carbonyl (C=O) groups excluding carboxylic acids is 1. The third-order valence-corrected chi connectivity index (χ3v) is 3.35. The maximum atomic E-state index is 13.2. The van der Waals surface area contributed by atoms with Crippen molar-refractivity contribution in [2.24, 2.45) is 5.73 Å². The second-order valence-electron chi connectivity index (χ2n) is 5.08. The van der Waals surface area contributed by atoms with Crippen molar-refractivity contribution in [3.05, 3.63) is 65.5 Å². The zero-order valence-corrected chi connectivity index (χ0v) is 12.0. The van der Waals surface area contributed by atoms with Gasteiger partial charge in [0.15, 0.2) is 0 Å². The summed E-state index contributed by atoms with van der Waals surface area (Å²) in [5, 5.41) is 2.72. The van der Waals surface area contributed by atoms with Crippen molar-refractivity contribution in [3.8, 4) is 0 Å². The zero-order chi connectivity index (χ0) is 15.2. The highest BCUT2D eigenvalue weighted by atomic mass is 19.1. The van der Waals surface area contributed by atoms with Crippen LogP contribution in [-0.2, 0) is 11.2 Å². The number of carbonyl (C=O) groups is 1. The lowest BCUT2D eigenvalue weighted by atomic mass is 10.1. The molecule has 1 amide bonds. The highest BCUT2D eigenvalue weighted by Crippen LogP contribution is 2.14. The molecule has 3 nitrogen and oxygen atoms in total. The molecule has 2 aromatic carbocycles. The Morgan fingerprint density at radius 2 is 1.95 bits per heavy atom. The van der Waals surface area contributed by atoms with Gasteiger partial charge in [-0.15, -0.1) is 0 Å². The molecule has 4 heteroatoms. The van der Waals surface area contributed by atoms with Crippen molar-refractivity contribution in [2.75, 3.05) is 5.32 Å². The highest BCUT2D eigenvalue weighted by molar-refractivity contribution is 5.94. The average Bonchev–Trinajstić information content (AvgIpc) is 2.49. The summed E-state index contributed by atoms with van der Waals surface area (Å²) in [6.45, 7) is 1.65. The van der Waals surface area contributed by atoms with Crippen molar-refractivity contribution in [2.45, 2.75) is 25.8 Å². The first-order valence-electron chi connectivity index (χ1n) is 6.93. The summed E-state index contributed by atoms with van der Waals surface area (Å²) in [6.07, 6.45) is 1.31. The summed E-state index contributed by atoms with van der Waals surface area (Å²) in [6, 6.07) is 13.8. The van der Waals surface area contributed by atoms with Gasteiger partial charge in [0.1, 0.15) is 5.82 Å². The minimum absolute atomic E-state index is 0.253. The van der Waals surface area contributed by atoms with E-state index in [9.17, 15) is 9.18 Å². The lowest BCUT2D eigenvalue weighted by Gasteiger charge is -2.13. The lowest BCUT2D eigenvalue weighted by Crippen LogP contribution is -2.36. The van der Waals surface area contributed by atoms with Gasteiger partial charge in [0, 0.05) is 5.69 Å². The molecule has 2 aromatic rings. The van der Waals surface area contributed by atoms with E-state index in [1.165, 1.54) is 12.1 Å². The summed E-state index contributed by atoms with van der Waals surface area (Å²) in [4.78, 5) is 12.0. The van der Waals surface area contributed by atoms with Gasteiger partial charge in [0.2, 0.25) is 5.91 Å². The van der Waals surface area contributed by atoms with Crippen LogP contribution in [0.15, 0.2) is 48.5 Å². The van der Waals surface area contributed by atoms with Crippen LogP contribution in [0, 0.1) is 12.7 Å². The van der Waals surface area contributed by atoms with E-state index >= 15 is 0 Å². The molecule has 110 valence electrons. The van der Waals surface area contributed by atoms with E-state index < -0.39 is 6.04 Å². The fraction of sp³-hybridized carbons (Fsp3) is 0.235. The molecule has 0 bridgehead atoms. The number of aryl methyl sites for hydroxylation is 2. The molecule has 0 radical (unpaired) electrons. The first-order chi connectivity index (χ1) is 10.1. The average molecular weight is 286 g/mol. The van der Waals surface area contributed by atoms with Crippen LogP contribution < -0.4 is 11.1 Å². The molecule has 0 unspecified atom stereocenters. The minimum atomic E-state index is -0.587. The summed E-state index contributed by atoms with van der Waals surface area (Å²) in [7, 11) is 0. The predicted octanol–water partition coefficient (Wildman–Crippen LogP) is 3.03. The van der Waals surface area contributed by atoms with E-state index in [2.05, 4.69) is 5.32 Å². The topological polar surface area (TPSA) is 55.1 Å². The molecule has 2 rings (SSSR count). The van der Waals surface area contributed by atoms with E-state index in [1.807, 2.05) is 30.3 Å². The van der Waals surface area contributed by atoms with Crippen LogP contribution >= 0.6 is 0 Å². The Morgan fingerprint density at radius 3 is 2.62 bits per heavy atom. The van der Waals surface area contributed by atoms with Crippen molar-refractivity contribution in [1.29, 1.82) is 0 Å². The van der Waals surface area contributed by atoms with Crippen LogP contribution in [0.5, 0.6) is 0 Å². The Labute approximate surface area is 124 Å². The minimum Gasteiger partial charge on any atom is -0.325 e. The molecule has 0 aliphatic carbocycles. The Kier molecular flexibility index (Phi) is 5.06. The van der Waals surface area contributed by atoms with Gasteiger partial charge in [-0.25, -0.2) is 4.39 Å². The number of amides is 1. The van der Waals surface area contributed by atoms with Crippen LogP contribution in [0.4, 0.5) is 10.1 Å². The largest absolute Gasteiger partial charge is 0.325 e. The molecular weight excluding hydrogens is 267 g/mol. The number of nitrogens with two attached hydrogens (primary N) is 1. The summed E-state index contributed by atoms with van der Waals surface area (Å²) >= 11 is 0. The number of halogens is 1. The summed E-state index contributed by atoms with van der Waals surface area (Å²) < 4.78 is 13.2. The number of rotatable bonds is 5. The van der Waals surface area contributed by atoms with E-state index in [0.717, 1.165) is 12.0 Å². The maximum absolute atomic E-state index is 13.2. The normalized spacial score (nSPS) is 12.0. The van der Waals surface area contributed by atoms with Crippen molar-refractivity contribution < 1.29 is 9.18 Å². The van der Waals surface area contributed by atoms with Crippen molar-refractivity contribution in [3.63, 3.8) is 0 Å². The molecule has 3 N–H and O–H groups in total. The Hall–Kier alpha value is -2.20. The maximum Gasteiger partial charge on any atom is 0.241 e. The molecule has 0 aromatic heterocycles. The van der Waals surface area contributed by atoms with Gasteiger partial charge in [-0.1, -0.05) is 30.3 Å². The molecule has 0 heterocycles. The van der Waals surface area contributed by atoms with Crippen LogP contribution in [0.2, 0.25) is 0 Å². The summed E-state index contributed by atoms with van der Waals surface area (Å²) in [5.41, 5.74) is 8.10. The van der Waals surface area contributed by atoms with Gasteiger partial charge in [-0.05, 0) is 49.1 Å². The standard InChI is InChI=1S/C17H19FN2O/c1-12-11-14(8-9-15(12)18)20-17(21)16(19)10-7-13-5-3-2-4-6-13/h2-6,8-9,11,16H,7,10,19H2,1H3,(H,20,21)/t16-/m0/s1. The predicted molar refractivity (Wildman–Crippen MR) is 82.5 cm³/mol. The number of nitrogens with one attached hydrogen (secondary N) is 1.